The van der Waals surface area contributed by atoms with Gasteiger partial charge in [0.05, 0.1) is 0 Å². The molecule has 0 aromatic carbocycles. The molecule has 0 saturated carbocycles. The van der Waals surface area contributed by atoms with Gasteiger partial charge in [0, 0.05) is 0 Å². The number of morpholine rings is 1. The maximum absolute atomic E-state index is 13.5. The van der Waals surface area contributed by atoms with Crippen molar-refractivity contribution in [3.05, 3.63) is 11.6 Å². The second kappa shape index (κ2) is 6.16. The second-order valence-electron chi connectivity index (χ2n) is 4.88. The Kier molecular flexibility index (Phi) is 5.15. The predicted molar refractivity (Wildman–Crippen MR) is 59.2 cm³/mol. The summed E-state index contributed by atoms with van der Waals surface area (Å²) in [7, 11) is 0. The molecule has 0 aromatic heterocycles. The Morgan fingerprint density at radius 2 is 1.38 bits per heavy atom. The molecule has 0 radical (unpaired) electrons. The summed E-state index contributed by atoms with van der Waals surface area (Å²) in [6, 6.07) is -12.3. The van der Waals surface area contributed by atoms with Gasteiger partial charge in [-0.15, -0.1) is 0 Å². The molecule has 0 atom stereocenters. The van der Waals surface area contributed by atoms with Crippen molar-refractivity contribution in [2.24, 2.45) is 0 Å². The van der Waals surface area contributed by atoms with Gasteiger partial charge in [-0.25, -0.2) is 0 Å². The molecule has 0 unspecified atom stereocenters. The normalized spacial score (nSPS) is 24.7. The molecule has 3 nitrogen and oxygen atoms in total. The van der Waals surface area contributed by atoms with E-state index in [0.717, 1.165) is 6.08 Å². The summed E-state index contributed by atoms with van der Waals surface area (Å²) in [5.41, 5.74) is 0.398. The Morgan fingerprint density at radius 1 is 0.962 bits per heavy atom. The molecule has 0 spiro atoms. The van der Waals surface area contributed by atoms with Gasteiger partial charge < -0.3 is 0 Å². The predicted octanol–water partition coefficient (Wildman–Crippen LogP) is 4.36. The standard InChI is InChI=1S/C7H9F3O.C4F8NO.Cf/c1-6(2)3-4-11-5-7(8,9)10;5-1(6)3(9,10)14-4(11,12)2(7,8)13-1;/h3H,4H2,1-2H3;;/q;-1;+1. The number of alkyl halides is 11. The Hall–Kier alpha value is -2.28. The molecule has 1 saturated heterocycles. The zero-order valence-electron chi connectivity index (χ0n) is 12.5. The van der Waals surface area contributed by atoms with Gasteiger partial charge in [-0.05, 0) is 0 Å². The number of rotatable bonds is 4. The Morgan fingerprint density at radius 3 is 1.73 bits per heavy atom. The first kappa shape index (κ1) is 21.8. The summed E-state index contributed by atoms with van der Waals surface area (Å²) >= 11 is 0. The minimum absolute atomic E-state index is 0.398. The van der Waals surface area contributed by atoms with Crippen LogP contribution in [0.5, 0.6) is 0 Å². The van der Waals surface area contributed by atoms with E-state index in [0.29, 0.717) is 5.57 Å². The van der Waals surface area contributed by atoms with Crippen LogP contribution in [0, 0.1) is 0 Å². The quantitative estimate of drug-likeness (QED) is 0.258. The molecule has 1 rings (SSSR count). The molecule has 15 heteroatoms. The van der Waals surface area contributed by atoms with Crippen LogP contribution < -0.4 is 0 Å². The summed E-state index contributed by atoms with van der Waals surface area (Å²) in [6.45, 7) is -0.459. The van der Waals surface area contributed by atoms with Crippen LogP contribution in [-0.2, 0) is 9.47 Å². The molecular formula is C11H9CfF11NO2. The van der Waals surface area contributed by atoms with Gasteiger partial charge >= 0.3 is 132 Å². The number of hydrogen-bond donors (Lipinski definition) is 0. The van der Waals surface area contributed by atoms with Crippen LogP contribution in [0.1, 0.15) is 13.8 Å². The third-order valence-electron chi connectivity index (χ3n) is 2.45. The molecule has 0 aliphatic carbocycles. The molecule has 1 aliphatic rings. The topological polar surface area (TPSA) is 21.7 Å². The molecule has 157 valence electrons. The number of allylic oxidation sites excluding steroid dienone is 1. The first-order chi connectivity index (χ1) is 11.4. The molecule has 1 aliphatic heterocycles. The van der Waals surface area contributed by atoms with Crippen molar-refractivity contribution in [2.75, 3.05) is 6.61 Å². The minimum atomic E-state index is -6.16. The summed E-state index contributed by atoms with van der Waals surface area (Å²) in [4.78, 5) is 0. The van der Waals surface area contributed by atoms with Crippen molar-refractivity contribution in [3.63, 3.8) is 0 Å². The monoisotopic (exact) mass is 645 g/mol. The van der Waals surface area contributed by atoms with E-state index in [1.54, 1.807) is 0 Å². The molecule has 0 aromatic rings. The fourth-order valence-electron chi connectivity index (χ4n) is 1.24. The zero-order valence-corrected chi connectivity index (χ0v) is 15.2. The van der Waals surface area contributed by atoms with Gasteiger partial charge in [0.25, 0.3) is 0 Å². The third-order valence-corrected chi connectivity index (χ3v) is 6.18. The number of halogens is 11. The van der Waals surface area contributed by atoms with Crippen LogP contribution in [0.25, 0.3) is 0 Å². The Bertz CT molecular complexity index is 569. The zero-order chi connectivity index (χ0) is 20.8. The molecule has 0 amide bonds. The van der Waals surface area contributed by atoms with Gasteiger partial charge in [-0.3, -0.25) is 0 Å². The van der Waals surface area contributed by atoms with E-state index < -0.39 is 49.0 Å². The van der Waals surface area contributed by atoms with E-state index in [1.807, 2.05) is 0 Å². The summed E-state index contributed by atoms with van der Waals surface area (Å²) < 4.78 is 146. The molecule has 1 heterocycles. The average Bonchev–Trinajstić information content (AvgIpc) is 2.37. The van der Waals surface area contributed by atoms with Crippen molar-refractivity contribution in [3.8, 4) is 0 Å². The van der Waals surface area contributed by atoms with Crippen molar-refractivity contribution in [1.29, 1.82) is 0 Å². The van der Waals surface area contributed by atoms with Gasteiger partial charge in [-0.2, -0.15) is 0 Å². The van der Waals surface area contributed by atoms with Crippen LogP contribution in [0.2, 0.25) is 0 Å². The van der Waals surface area contributed by atoms with Crippen molar-refractivity contribution >= 4 is 6.61 Å². The van der Waals surface area contributed by atoms with Crippen molar-refractivity contribution < 1.29 is 57.8 Å². The van der Waals surface area contributed by atoms with E-state index in [2.05, 4.69) is 9.47 Å². The molecule has 1 fully saturated rings. The van der Waals surface area contributed by atoms with Gasteiger partial charge in [0.2, 0.25) is 0 Å². The first-order valence-corrected chi connectivity index (χ1v) is 8.67. The van der Waals surface area contributed by atoms with Crippen LogP contribution in [0.3, 0.4) is 0 Å². The number of nitrogens with zero attached hydrogens (tertiary/aromatic N) is 1. The number of hydrogen-bond acceptors (Lipinski definition) is 3. The fraction of sp³-hybridized carbons (Fsp3) is 0.727. The maximum atomic E-state index is 13.5. The van der Waals surface area contributed by atoms with Gasteiger partial charge in [-0.1, -0.05) is 0 Å². The number of ether oxygens (including phenoxy) is 2. The Balaban J connectivity index is 3.47. The summed E-state index contributed by atoms with van der Waals surface area (Å²) in [5, 5.41) is -2.15. The van der Waals surface area contributed by atoms with E-state index in [9.17, 15) is 48.3 Å². The Labute approximate surface area is 133 Å². The SMILES string of the molecule is CC(C)=CCO[C](=[Cf][N]1C(F)(F)C(F)(F)OC(F)(F)C1(F)F)C(F)(F)F. The second-order valence-corrected chi connectivity index (χ2v) is 7.84. The summed E-state index contributed by atoms with van der Waals surface area (Å²) in [6.07, 6.45) is -16.9. The van der Waals surface area contributed by atoms with E-state index in [1.165, 1.54) is 13.8 Å². The summed E-state index contributed by atoms with van der Waals surface area (Å²) in [5.74, 6) is 0. The first-order valence-electron chi connectivity index (χ1n) is 6.17. The van der Waals surface area contributed by atoms with Crippen LogP contribution in [0.15, 0.2) is 11.6 Å². The fourth-order valence-corrected chi connectivity index (χ4v) is 3.93. The van der Waals surface area contributed by atoms with E-state index >= 15 is 0 Å². The molecular weight excluding hydrogens is 638 g/mol. The van der Waals surface area contributed by atoms with E-state index in [4.69, 9.17) is 0 Å². The van der Waals surface area contributed by atoms with Crippen LogP contribution in [-0.4, -0.2) is 49.0 Å². The van der Waals surface area contributed by atoms with Crippen molar-refractivity contribution in [2.45, 2.75) is 44.3 Å². The average molecular weight is 647 g/mol. The molecule has 26 heavy (non-hydrogen) atoms. The molecule has 0 N–H and O–H groups in total. The van der Waals surface area contributed by atoms with E-state index in [-0.39, 0.29) is 0 Å². The third kappa shape index (κ3) is 3.77. The van der Waals surface area contributed by atoms with Crippen LogP contribution in [0.4, 0.5) is 48.3 Å². The molecule has 0 bridgehead atoms. The van der Waals surface area contributed by atoms with Gasteiger partial charge in [0.15, 0.2) is 0 Å². The van der Waals surface area contributed by atoms with Gasteiger partial charge in [0.1, 0.15) is 0 Å². The van der Waals surface area contributed by atoms with Crippen LogP contribution >= 0.6 is 0 Å². The van der Waals surface area contributed by atoms with Crippen molar-refractivity contribution in [1.82, 2.24) is 5.32 Å².